The van der Waals surface area contributed by atoms with Crippen molar-refractivity contribution in [3.05, 3.63) is 32.5 Å². The van der Waals surface area contributed by atoms with Gasteiger partial charge in [-0.05, 0) is 24.9 Å². The van der Waals surface area contributed by atoms with E-state index in [-0.39, 0.29) is 0 Å². The fraction of sp³-hybridized carbons (Fsp3) is 0.467. The molecule has 0 radical (unpaired) electrons. The molecule has 0 aliphatic rings. The summed E-state index contributed by atoms with van der Waals surface area (Å²) in [5.74, 6) is 1.47. The highest BCUT2D eigenvalue weighted by atomic mass is 35.5. The molecule has 0 bridgehead atoms. The first-order chi connectivity index (χ1) is 9.45. The van der Waals surface area contributed by atoms with Crippen LogP contribution >= 0.6 is 34.8 Å². The van der Waals surface area contributed by atoms with Gasteiger partial charge in [0, 0.05) is 10.9 Å². The molecule has 1 aromatic carbocycles. The monoisotopic (exact) mass is 333 g/mol. The third-order valence-electron chi connectivity index (χ3n) is 3.18. The lowest BCUT2D eigenvalue weighted by Crippen LogP contribution is -2.19. The van der Waals surface area contributed by atoms with Crippen LogP contribution < -0.4 is 5.32 Å². The number of hydrogen-bond donors (Lipinski definition) is 1. The molecule has 2 nitrogen and oxygen atoms in total. The van der Waals surface area contributed by atoms with Gasteiger partial charge in [0.2, 0.25) is 0 Å². The summed E-state index contributed by atoms with van der Waals surface area (Å²) in [4.78, 5) is 0. The number of halogens is 3. The van der Waals surface area contributed by atoms with Crippen LogP contribution in [0, 0.1) is 5.92 Å². The van der Waals surface area contributed by atoms with Crippen molar-refractivity contribution >= 4 is 45.8 Å². The lowest BCUT2D eigenvalue weighted by molar-refractivity contribution is 0.481. The van der Waals surface area contributed by atoms with Crippen molar-refractivity contribution in [3.63, 3.8) is 0 Å². The molecule has 0 spiro atoms. The van der Waals surface area contributed by atoms with Crippen molar-refractivity contribution < 1.29 is 4.42 Å². The van der Waals surface area contributed by atoms with Gasteiger partial charge in [-0.2, -0.15) is 0 Å². The Balaban J connectivity index is 2.46. The molecule has 1 N–H and O–H groups in total. The molecule has 2 rings (SSSR count). The Kier molecular flexibility index (Phi) is 5.25. The van der Waals surface area contributed by atoms with E-state index in [0.717, 1.165) is 29.7 Å². The second-order valence-electron chi connectivity index (χ2n) is 5.24. The topological polar surface area (TPSA) is 25.2 Å². The molecule has 0 saturated heterocycles. The molecule has 1 aromatic heterocycles. The van der Waals surface area contributed by atoms with Crippen LogP contribution in [0.4, 0.5) is 0 Å². The maximum atomic E-state index is 6.31. The zero-order chi connectivity index (χ0) is 14.9. The number of aryl methyl sites for hydroxylation is 1. The van der Waals surface area contributed by atoms with Gasteiger partial charge in [0.1, 0.15) is 5.76 Å². The molecule has 0 fully saturated rings. The minimum Gasteiger partial charge on any atom is -0.458 e. The molecular formula is C15H18Cl3NO. The first-order valence-corrected chi connectivity index (χ1v) is 7.87. The molecule has 0 aliphatic heterocycles. The maximum absolute atomic E-state index is 6.31. The number of nitrogens with one attached hydrogen (secondary N) is 1. The number of benzene rings is 1. The summed E-state index contributed by atoms with van der Waals surface area (Å²) in [7, 11) is 0. The molecule has 1 heterocycles. The Bertz CT molecular complexity index is 619. The summed E-state index contributed by atoms with van der Waals surface area (Å²) in [6, 6.07) is 1.63. The SMILES string of the molecule is CCc1c(CNCC(C)C)oc2c(Cl)cc(Cl)c(Cl)c12. The second kappa shape index (κ2) is 6.57. The van der Waals surface area contributed by atoms with Gasteiger partial charge in [0.25, 0.3) is 0 Å². The van der Waals surface area contributed by atoms with E-state index < -0.39 is 0 Å². The van der Waals surface area contributed by atoms with Crippen LogP contribution in [0.3, 0.4) is 0 Å². The normalized spacial score (nSPS) is 11.8. The Labute approximate surface area is 134 Å². The van der Waals surface area contributed by atoms with Crippen LogP contribution in [-0.2, 0) is 13.0 Å². The van der Waals surface area contributed by atoms with E-state index in [4.69, 9.17) is 39.2 Å². The van der Waals surface area contributed by atoms with Gasteiger partial charge in [-0.15, -0.1) is 0 Å². The summed E-state index contributed by atoms with van der Waals surface area (Å²) in [5, 5.41) is 5.69. The number of rotatable bonds is 5. The summed E-state index contributed by atoms with van der Waals surface area (Å²) in [6.07, 6.45) is 0.822. The van der Waals surface area contributed by atoms with Gasteiger partial charge >= 0.3 is 0 Å². The van der Waals surface area contributed by atoms with E-state index in [2.05, 4.69) is 26.1 Å². The molecule has 20 heavy (non-hydrogen) atoms. The van der Waals surface area contributed by atoms with Gasteiger partial charge in [-0.3, -0.25) is 0 Å². The molecule has 0 unspecified atom stereocenters. The maximum Gasteiger partial charge on any atom is 0.154 e. The lowest BCUT2D eigenvalue weighted by Gasteiger charge is -2.06. The average molecular weight is 335 g/mol. The lowest BCUT2D eigenvalue weighted by atomic mass is 10.1. The molecular weight excluding hydrogens is 317 g/mol. The number of furan rings is 1. The minimum atomic E-state index is 0.460. The smallest absolute Gasteiger partial charge is 0.154 e. The van der Waals surface area contributed by atoms with Crippen molar-refractivity contribution in [1.29, 1.82) is 0 Å². The van der Waals surface area contributed by atoms with E-state index in [9.17, 15) is 0 Å². The van der Waals surface area contributed by atoms with E-state index in [1.54, 1.807) is 6.07 Å². The standard InChI is InChI=1S/C15H18Cl3NO/c1-4-9-12(7-19-6-8(2)3)20-15-11(17)5-10(16)14(18)13(9)15/h5,8,19H,4,6-7H2,1-3H3. The first-order valence-electron chi connectivity index (χ1n) is 6.74. The minimum absolute atomic E-state index is 0.460. The third-order valence-corrected chi connectivity index (χ3v) is 4.25. The quantitative estimate of drug-likeness (QED) is 0.709. The summed E-state index contributed by atoms with van der Waals surface area (Å²) in [6.45, 7) is 8.00. The average Bonchev–Trinajstić information content (AvgIpc) is 2.75. The molecule has 0 saturated carbocycles. The van der Waals surface area contributed by atoms with E-state index in [0.29, 0.717) is 33.1 Å². The Morgan fingerprint density at radius 1 is 1.20 bits per heavy atom. The van der Waals surface area contributed by atoms with Crippen LogP contribution in [0.5, 0.6) is 0 Å². The van der Waals surface area contributed by atoms with Crippen molar-refractivity contribution in [2.24, 2.45) is 5.92 Å². The van der Waals surface area contributed by atoms with Crippen molar-refractivity contribution in [2.45, 2.75) is 33.7 Å². The zero-order valence-electron chi connectivity index (χ0n) is 11.8. The third kappa shape index (κ3) is 3.09. The zero-order valence-corrected chi connectivity index (χ0v) is 14.1. The highest BCUT2D eigenvalue weighted by molar-refractivity contribution is 6.47. The molecule has 5 heteroatoms. The van der Waals surface area contributed by atoms with Crippen LogP contribution in [0.25, 0.3) is 11.0 Å². The Morgan fingerprint density at radius 3 is 2.50 bits per heavy atom. The van der Waals surface area contributed by atoms with Crippen molar-refractivity contribution in [1.82, 2.24) is 5.32 Å². The molecule has 2 aromatic rings. The predicted molar refractivity (Wildman–Crippen MR) is 87.2 cm³/mol. The van der Waals surface area contributed by atoms with E-state index in [1.165, 1.54) is 0 Å². The molecule has 0 amide bonds. The van der Waals surface area contributed by atoms with E-state index >= 15 is 0 Å². The summed E-state index contributed by atoms with van der Waals surface area (Å²) in [5.41, 5.74) is 1.70. The molecule has 0 atom stereocenters. The summed E-state index contributed by atoms with van der Waals surface area (Å²) >= 11 is 18.6. The predicted octanol–water partition coefficient (Wildman–Crippen LogP) is 5.70. The van der Waals surface area contributed by atoms with Gasteiger partial charge in [-0.25, -0.2) is 0 Å². The van der Waals surface area contributed by atoms with Crippen LogP contribution in [0.2, 0.25) is 15.1 Å². The van der Waals surface area contributed by atoms with Crippen molar-refractivity contribution in [2.75, 3.05) is 6.54 Å². The van der Waals surface area contributed by atoms with Gasteiger partial charge in [-0.1, -0.05) is 55.6 Å². The molecule has 110 valence electrons. The van der Waals surface area contributed by atoms with Crippen LogP contribution in [0.15, 0.2) is 10.5 Å². The van der Waals surface area contributed by atoms with Gasteiger partial charge < -0.3 is 9.73 Å². The van der Waals surface area contributed by atoms with E-state index in [1.807, 2.05) is 0 Å². The second-order valence-corrected chi connectivity index (χ2v) is 6.43. The largest absolute Gasteiger partial charge is 0.458 e. The fourth-order valence-corrected chi connectivity index (χ4v) is 3.02. The Hall–Kier alpha value is -0.410. The number of hydrogen-bond acceptors (Lipinski definition) is 2. The van der Waals surface area contributed by atoms with Gasteiger partial charge in [0.15, 0.2) is 5.58 Å². The Morgan fingerprint density at radius 2 is 1.90 bits per heavy atom. The molecule has 0 aliphatic carbocycles. The van der Waals surface area contributed by atoms with Crippen LogP contribution in [-0.4, -0.2) is 6.54 Å². The van der Waals surface area contributed by atoms with Crippen LogP contribution in [0.1, 0.15) is 32.1 Å². The first kappa shape index (κ1) is 16.0. The highest BCUT2D eigenvalue weighted by Crippen LogP contribution is 2.40. The highest BCUT2D eigenvalue weighted by Gasteiger charge is 2.19. The van der Waals surface area contributed by atoms with Crippen molar-refractivity contribution in [3.8, 4) is 0 Å². The summed E-state index contributed by atoms with van der Waals surface area (Å²) < 4.78 is 5.90. The number of fused-ring (bicyclic) bond motifs is 1. The van der Waals surface area contributed by atoms with Gasteiger partial charge in [0.05, 0.1) is 21.6 Å². The fourth-order valence-electron chi connectivity index (χ4n) is 2.26.